The zero-order valence-electron chi connectivity index (χ0n) is 16.9. The van der Waals surface area contributed by atoms with Gasteiger partial charge in [0.15, 0.2) is 0 Å². The van der Waals surface area contributed by atoms with E-state index in [0.29, 0.717) is 21.3 Å². The Morgan fingerprint density at radius 2 is 1.94 bits per heavy atom. The summed E-state index contributed by atoms with van der Waals surface area (Å²) in [5, 5.41) is 20.3. The molecule has 0 spiro atoms. The minimum atomic E-state index is -0.794. The third-order valence-corrected chi connectivity index (χ3v) is 6.29. The molecule has 31 heavy (non-hydrogen) atoms. The van der Waals surface area contributed by atoms with E-state index < -0.39 is 17.7 Å². The van der Waals surface area contributed by atoms with Crippen LogP contribution in [0.1, 0.15) is 34.7 Å². The summed E-state index contributed by atoms with van der Waals surface area (Å²) in [7, 11) is 0. The molecule has 1 fully saturated rings. The molecule has 1 saturated heterocycles. The van der Waals surface area contributed by atoms with E-state index in [1.54, 1.807) is 19.1 Å². The van der Waals surface area contributed by atoms with Gasteiger partial charge in [0.2, 0.25) is 5.13 Å². The molecule has 7 nitrogen and oxygen atoms in total. The van der Waals surface area contributed by atoms with Crippen LogP contribution >= 0.6 is 11.3 Å². The minimum Gasteiger partial charge on any atom is -0.507 e. The number of nitrogens with zero attached hydrogens (tertiary/aromatic N) is 3. The number of aliphatic hydroxyl groups is 1. The van der Waals surface area contributed by atoms with E-state index >= 15 is 0 Å². The van der Waals surface area contributed by atoms with Gasteiger partial charge in [-0.05, 0) is 43.2 Å². The Hall–Kier alpha value is -3.52. The monoisotopic (exact) mass is 433 g/mol. The zero-order valence-corrected chi connectivity index (χ0v) is 17.7. The Balaban J connectivity index is 1.68. The number of fused-ring (bicyclic) bond motifs is 1. The highest BCUT2D eigenvalue weighted by Crippen LogP contribution is 2.43. The predicted octanol–water partition coefficient (Wildman–Crippen LogP) is 3.80. The number of anilines is 1. The number of aliphatic hydroxyl groups excluding tert-OH is 1. The fraction of sp³-hybridized carbons (Fsp3) is 0.217. The van der Waals surface area contributed by atoms with E-state index in [1.807, 2.05) is 43.3 Å². The fourth-order valence-electron chi connectivity index (χ4n) is 4.09. The van der Waals surface area contributed by atoms with Crippen molar-refractivity contribution in [3.63, 3.8) is 0 Å². The van der Waals surface area contributed by atoms with Crippen molar-refractivity contribution in [2.75, 3.05) is 4.90 Å². The van der Waals surface area contributed by atoms with Crippen molar-refractivity contribution >= 4 is 33.9 Å². The first-order valence-electron chi connectivity index (χ1n) is 9.90. The molecule has 1 N–H and O–H groups in total. The first kappa shape index (κ1) is 19.4. The molecule has 1 aromatic heterocycles. The highest BCUT2D eigenvalue weighted by Gasteiger charge is 2.48. The van der Waals surface area contributed by atoms with Crippen LogP contribution in [0.2, 0.25) is 0 Å². The Bertz CT molecular complexity index is 1230. The van der Waals surface area contributed by atoms with Crippen LogP contribution in [-0.2, 0) is 16.0 Å². The molecule has 156 valence electrons. The molecule has 2 aromatic carbocycles. The summed E-state index contributed by atoms with van der Waals surface area (Å²) in [6, 6.07) is 13.7. The number of Topliss-reactive ketones (excluding diaryl/α,β-unsaturated/α-hetero) is 1. The van der Waals surface area contributed by atoms with Crippen LogP contribution in [0, 0.1) is 6.92 Å². The largest absolute Gasteiger partial charge is 0.507 e. The smallest absolute Gasteiger partial charge is 0.301 e. The molecule has 0 aliphatic carbocycles. The molecule has 0 bridgehead atoms. The van der Waals surface area contributed by atoms with Crippen LogP contribution in [0.15, 0.2) is 54.1 Å². The molecule has 0 saturated carbocycles. The molecule has 0 radical (unpaired) electrons. The van der Waals surface area contributed by atoms with Gasteiger partial charge in [0.05, 0.1) is 11.6 Å². The molecule has 1 amide bonds. The minimum absolute atomic E-state index is 0.0379. The summed E-state index contributed by atoms with van der Waals surface area (Å²) < 4.78 is 5.73. The summed E-state index contributed by atoms with van der Waals surface area (Å²) in [6.07, 6.45) is 0.777. The van der Waals surface area contributed by atoms with E-state index in [1.165, 1.54) is 16.2 Å². The van der Waals surface area contributed by atoms with Crippen molar-refractivity contribution < 1.29 is 19.4 Å². The van der Waals surface area contributed by atoms with Crippen LogP contribution in [0.5, 0.6) is 5.75 Å². The maximum Gasteiger partial charge on any atom is 0.301 e. The van der Waals surface area contributed by atoms with E-state index in [2.05, 4.69) is 10.2 Å². The Morgan fingerprint density at radius 3 is 2.65 bits per heavy atom. The lowest BCUT2D eigenvalue weighted by Crippen LogP contribution is -2.29. The number of carbonyl (C=O) groups excluding carboxylic acids is 2. The average Bonchev–Trinajstić information content (AvgIpc) is 3.43. The second kappa shape index (κ2) is 7.31. The molecule has 2 aliphatic heterocycles. The average molecular weight is 433 g/mol. The van der Waals surface area contributed by atoms with Crippen LogP contribution in [0.25, 0.3) is 5.76 Å². The van der Waals surface area contributed by atoms with Crippen LogP contribution in [-0.4, -0.2) is 33.1 Å². The van der Waals surface area contributed by atoms with Gasteiger partial charge in [-0.15, -0.1) is 10.2 Å². The normalized spacial score (nSPS) is 21.9. The van der Waals surface area contributed by atoms with Crippen molar-refractivity contribution in [1.29, 1.82) is 0 Å². The van der Waals surface area contributed by atoms with Crippen LogP contribution in [0.4, 0.5) is 5.13 Å². The molecular weight excluding hydrogens is 414 g/mol. The molecule has 8 heteroatoms. The molecule has 0 unspecified atom stereocenters. The van der Waals surface area contributed by atoms with Gasteiger partial charge in [-0.2, -0.15) is 0 Å². The second-order valence-corrected chi connectivity index (χ2v) is 8.80. The van der Waals surface area contributed by atoms with Gasteiger partial charge in [-0.25, -0.2) is 0 Å². The summed E-state index contributed by atoms with van der Waals surface area (Å²) in [4.78, 5) is 27.5. The summed E-state index contributed by atoms with van der Waals surface area (Å²) >= 11 is 1.23. The lowest BCUT2D eigenvalue weighted by Gasteiger charge is -2.22. The number of aromatic nitrogens is 2. The van der Waals surface area contributed by atoms with Gasteiger partial charge in [0.25, 0.3) is 5.78 Å². The SMILES string of the molecule is Cc1nnc(N2C(=O)C(=O)/C(=C(/O)c3ccc4c(c3)C[C@H](C)O4)[C@@H]2c2ccccc2)s1. The van der Waals surface area contributed by atoms with Gasteiger partial charge in [-0.1, -0.05) is 41.7 Å². The first-order chi connectivity index (χ1) is 14.9. The second-order valence-electron chi connectivity index (χ2n) is 7.64. The lowest BCUT2D eigenvalue weighted by atomic mass is 9.94. The Kier molecular flexibility index (Phi) is 4.59. The van der Waals surface area contributed by atoms with E-state index in [-0.39, 0.29) is 17.4 Å². The van der Waals surface area contributed by atoms with E-state index in [9.17, 15) is 14.7 Å². The molecular formula is C23H19N3O4S. The van der Waals surface area contributed by atoms with E-state index in [0.717, 1.165) is 17.7 Å². The van der Waals surface area contributed by atoms with Crippen molar-refractivity contribution in [2.45, 2.75) is 32.4 Å². The lowest BCUT2D eigenvalue weighted by molar-refractivity contribution is -0.132. The summed E-state index contributed by atoms with van der Waals surface area (Å²) in [5.41, 5.74) is 2.18. The fourth-order valence-corrected chi connectivity index (χ4v) is 4.80. The maximum atomic E-state index is 13.1. The number of ether oxygens (including phenoxy) is 1. The Morgan fingerprint density at radius 1 is 1.16 bits per heavy atom. The van der Waals surface area contributed by atoms with Crippen molar-refractivity contribution in [2.24, 2.45) is 0 Å². The van der Waals surface area contributed by atoms with Crippen molar-refractivity contribution in [1.82, 2.24) is 10.2 Å². The number of hydrogen-bond donors (Lipinski definition) is 1. The standard InChI is InChI=1S/C23H19N3O4S/c1-12-10-16-11-15(8-9-17(16)30-12)20(27)18-19(14-6-4-3-5-7-14)26(22(29)21(18)28)23-25-24-13(2)31-23/h3-9,11-12,19,27H,10H2,1-2H3/b20-18+/t12-,19-/m0/s1. The van der Waals surface area contributed by atoms with Gasteiger partial charge < -0.3 is 9.84 Å². The van der Waals surface area contributed by atoms with Gasteiger partial charge in [0, 0.05) is 12.0 Å². The molecule has 2 aliphatic rings. The first-order valence-corrected chi connectivity index (χ1v) is 10.7. The van der Waals surface area contributed by atoms with E-state index in [4.69, 9.17) is 4.74 Å². The van der Waals surface area contributed by atoms with Gasteiger partial charge in [0.1, 0.15) is 22.6 Å². The molecule has 3 aromatic rings. The quantitative estimate of drug-likeness (QED) is 0.384. The molecule has 2 atom stereocenters. The highest BCUT2D eigenvalue weighted by atomic mass is 32.1. The van der Waals surface area contributed by atoms with Crippen LogP contribution in [0.3, 0.4) is 0 Å². The number of hydrogen-bond acceptors (Lipinski definition) is 7. The van der Waals surface area contributed by atoms with Crippen molar-refractivity contribution in [3.05, 3.63) is 75.8 Å². The number of rotatable bonds is 3. The number of carbonyl (C=O) groups is 2. The Labute approximate surface area is 182 Å². The highest BCUT2D eigenvalue weighted by molar-refractivity contribution is 7.15. The summed E-state index contributed by atoms with van der Waals surface area (Å²) in [6.45, 7) is 3.76. The summed E-state index contributed by atoms with van der Waals surface area (Å²) in [5.74, 6) is -0.916. The molecule has 3 heterocycles. The molecule has 5 rings (SSSR count). The van der Waals surface area contributed by atoms with Crippen molar-refractivity contribution in [3.8, 4) is 5.75 Å². The number of benzene rings is 2. The van der Waals surface area contributed by atoms with Gasteiger partial charge in [-0.3, -0.25) is 14.5 Å². The number of ketones is 1. The van der Waals surface area contributed by atoms with Gasteiger partial charge >= 0.3 is 5.91 Å². The third kappa shape index (κ3) is 3.19. The number of amides is 1. The maximum absolute atomic E-state index is 13.1. The zero-order chi connectivity index (χ0) is 21.7. The third-order valence-electron chi connectivity index (χ3n) is 5.45. The predicted molar refractivity (Wildman–Crippen MR) is 116 cm³/mol. The topological polar surface area (TPSA) is 92.6 Å². The number of aryl methyl sites for hydroxylation is 1. The van der Waals surface area contributed by atoms with Crippen LogP contribution < -0.4 is 9.64 Å².